The van der Waals surface area contributed by atoms with Crippen molar-refractivity contribution in [2.45, 2.75) is 19.4 Å². The topological polar surface area (TPSA) is 71.0 Å². The first-order valence-electron chi connectivity index (χ1n) is 5.75. The van der Waals surface area contributed by atoms with Gasteiger partial charge in [0.2, 0.25) is 0 Å². The van der Waals surface area contributed by atoms with Crippen molar-refractivity contribution >= 4 is 0 Å². The van der Waals surface area contributed by atoms with E-state index in [1.807, 2.05) is 0 Å². The number of aliphatic hydroxyl groups is 2. The highest BCUT2D eigenvalue weighted by atomic mass is 16.5. The Kier molecular flexibility index (Phi) is 12.7. The number of rotatable bonds is 12. The Balaban J connectivity index is 3.09. The first-order valence-corrected chi connectivity index (χ1v) is 5.75. The average molecular weight is 234 g/mol. The molecule has 5 nitrogen and oxygen atoms in total. The summed E-state index contributed by atoms with van der Waals surface area (Å²) in [5.74, 6) is 0. The molecule has 0 aromatic carbocycles. The molecule has 0 aliphatic carbocycles. The molecule has 0 heterocycles. The van der Waals surface area contributed by atoms with Gasteiger partial charge in [-0.1, -0.05) is 0 Å². The minimum Gasteiger partial charge on any atom is -0.394 e. The van der Waals surface area contributed by atoms with E-state index in [0.29, 0.717) is 32.5 Å². The van der Waals surface area contributed by atoms with Crippen LogP contribution >= 0.6 is 0 Å². The van der Waals surface area contributed by atoms with Gasteiger partial charge in [-0.05, 0) is 19.8 Å². The molecule has 1 unspecified atom stereocenters. The van der Waals surface area contributed by atoms with Crippen LogP contribution in [0.3, 0.4) is 0 Å². The monoisotopic (exact) mass is 234 g/mol. The van der Waals surface area contributed by atoms with Crippen LogP contribution in [0, 0.1) is 6.42 Å². The Hall–Kier alpha value is -0.200. The molecule has 0 spiro atoms. The molecule has 0 aromatic rings. The summed E-state index contributed by atoms with van der Waals surface area (Å²) in [5.41, 5.74) is 0. The van der Waals surface area contributed by atoms with Crippen LogP contribution in [0.15, 0.2) is 0 Å². The molecule has 1 atom stereocenters. The maximum Gasteiger partial charge on any atom is 0.0698 e. The van der Waals surface area contributed by atoms with E-state index in [0.717, 1.165) is 13.0 Å². The number of aliphatic hydroxyl groups excluding tert-OH is 2. The van der Waals surface area contributed by atoms with Gasteiger partial charge < -0.3 is 25.0 Å². The molecular weight excluding hydrogens is 210 g/mol. The third kappa shape index (κ3) is 11.9. The highest BCUT2D eigenvalue weighted by molar-refractivity contribution is 4.78. The fraction of sp³-hybridized carbons (Fsp3) is 0.909. The molecule has 0 aromatic heterocycles. The Morgan fingerprint density at radius 1 is 1.06 bits per heavy atom. The van der Waals surface area contributed by atoms with Crippen molar-refractivity contribution in [1.82, 2.24) is 5.32 Å². The van der Waals surface area contributed by atoms with Gasteiger partial charge >= 0.3 is 0 Å². The molecule has 0 aliphatic rings. The molecule has 0 saturated heterocycles. The smallest absolute Gasteiger partial charge is 0.0698 e. The molecule has 1 radical (unpaired) electrons. The molecule has 0 bridgehead atoms. The van der Waals surface area contributed by atoms with E-state index >= 15 is 0 Å². The van der Waals surface area contributed by atoms with Gasteiger partial charge in [0.25, 0.3) is 0 Å². The van der Waals surface area contributed by atoms with Crippen LogP contribution < -0.4 is 5.32 Å². The zero-order valence-corrected chi connectivity index (χ0v) is 10.0. The van der Waals surface area contributed by atoms with Gasteiger partial charge in [0.15, 0.2) is 0 Å². The number of hydrogen-bond donors (Lipinski definition) is 3. The van der Waals surface area contributed by atoms with Crippen LogP contribution in [0.5, 0.6) is 0 Å². The Morgan fingerprint density at radius 3 is 2.31 bits per heavy atom. The van der Waals surface area contributed by atoms with Crippen LogP contribution in [0.1, 0.15) is 13.3 Å². The maximum atomic E-state index is 8.48. The first kappa shape index (κ1) is 15.8. The minimum absolute atomic E-state index is 0.0733. The van der Waals surface area contributed by atoms with E-state index in [1.54, 1.807) is 0 Å². The van der Waals surface area contributed by atoms with Crippen LogP contribution in [0.25, 0.3) is 0 Å². The van der Waals surface area contributed by atoms with E-state index in [2.05, 4.69) is 18.7 Å². The van der Waals surface area contributed by atoms with Crippen molar-refractivity contribution in [1.29, 1.82) is 0 Å². The normalized spacial score (nSPS) is 12.9. The zero-order chi connectivity index (χ0) is 12.1. The van der Waals surface area contributed by atoms with Gasteiger partial charge in [-0.2, -0.15) is 0 Å². The summed E-state index contributed by atoms with van der Waals surface area (Å²) in [6, 6.07) is 0.315. The number of nitrogens with one attached hydrogen (secondary N) is 1. The summed E-state index contributed by atoms with van der Waals surface area (Å²) >= 11 is 0. The van der Waals surface area contributed by atoms with Crippen LogP contribution in [-0.4, -0.2) is 62.4 Å². The Morgan fingerprint density at radius 2 is 1.69 bits per heavy atom. The fourth-order valence-electron chi connectivity index (χ4n) is 1.18. The molecule has 0 aliphatic heterocycles. The summed E-state index contributed by atoms with van der Waals surface area (Å²) in [7, 11) is 0. The third-order valence-corrected chi connectivity index (χ3v) is 1.97. The van der Waals surface area contributed by atoms with Crippen molar-refractivity contribution < 1.29 is 19.7 Å². The molecular formula is C11H24NO4. The van der Waals surface area contributed by atoms with E-state index in [9.17, 15) is 0 Å². The van der Waals surface area contributed by atoms with E-state index in [-0.39, 0.29) is 13.2 Å². The highest BCUT2D eigenvalue weighted by Crippen LogP contribution is 1.94. The summed E-state index contributed by atoms with van der Waals surface area (Å²) in [4.78, 5) is 0. The SMILES string of the molecule is CC([CH]CCOCCO)NCCOCCO. The lowest BCUT2D eigenvalue weighted by molar-refractivity contribution is 0.0906. The van der Waals surface area contributed by atoms with Crippen molar-refractivity contribution in [2.75, 3.05) is 46.2 Å². The van der Waals surface area contributed by atoms with Crippen molar-refractivity contribution in [3.8, 4) is 0 Å². The van der Waals surface area contributed by atoms with Gasteiger partial charge in [-0.3, -0.25) is 0 Å². The van der Waals surface area contributed by atoms with E-state index in [1.165, 1.54) is 0 Å². The summed E-state index contributed by atoms with van der Waals surface area (Å²) in [5, 5.41) is 20.2. The van der Waals surface area contributed by atoms with Crippen molar-refractivity contribution in [2.24, 2.45) is 0 Å². The summed E-state index contributed by atoms with van der Waals surface area (Å²) < 4.78 is 10.2. The second-order valence-electron chi connectivity index (χ2n) is 3.44. The van der Waals surface area contributed by atoms with Crippen molar-refractivity contribution in [3.63, 3.8) is 0 Å². The largest absolute Gasteiger partial charge is 0.394 e. The summed E-state index contributed by atoms with van der Waals surface area (Å²) in [6.45, 7) is 5.06. The number of hydrogen-bond acceptors (Lipinski definition) is 5. The second kappa shape index (κ2) is 12.9. The van der Waals surface area contributed by atoms with Gasteiger partial charge in [-0.15, -0.1) is 0 Å². The van der Waals surface area contributed by atoms with Gasteiger partial charge in [0.1, 0.15) is 0 Å². The van der Waals surface area contributed by atoms with Gasteiger partial charge in [0, 0.05) is 19.2 Å². The first-order chi connectivity index (χ1) is 7.81. The van der Waals surface area contributed by atoms with Crippen LogP contribution in [0.2, 0.25) is 0 Å². The van der Waals surface area contributed by atoms with Gasteiger partial charge in [-0.25, -0.2) is 0 Å². The predicted molar refractivity (Wildman–Crippen MR) is 62.2 cm³/mol. The van der Waals surface area contributed by atoms with Crippen LogP contribution in [0.4, 0.5) is 0 Å². The quantitative estimate of drug-likeness (QED) is 0.400. The number of ether oxygens (including phenoxy) is 2. The summed E-state index contributed by atoms with van der Waals surface area (Å²) in [6.07, 6.45) is 3.00. The molecule has 5 heteroatoms. The molecule has 16 heavy (non-hydrogen) atoms. The van der Waals surface area contributed by atoms with Gasteiger partial charge in [0.05, 0.1) is 33.0 Å². The average Bonchev–Trinajstić information content (AvgIpc) is 2.28. The molecule has 0 rings (SSSR count). The molecule has 0 saturated carbocycles. The second-order valence-corrected chi connectivity index (χ2v) is 3.44. The Bertz CT molecular complexity index is 121. The lowest BCUT2D eigenvalue weighted by atomic mass is 10.2. The zero-order valence-electron chi connectivity index (χ0n) is 10.0. The standard InChI is InChI=1S/C11H24NO4/c1-11(3-2-7-15-9-5-13)12-4-8-16-10-6-14/h3,11-14H,2,4-10H2,1H3. The third-order valence-electron chi connectivity index (χ3n) is 1.97. The minimum atomic E-state index is 0.0733. The lowest BCUT2D eigenvalue weighted by Crippen LogP contribution is -2.30. The molecule has 3 N–H and O–H groups in total. The molecule has 0 amide bonds. The highest BCUT2D eigenvalue weighted by Gasteiger charge is 2.00. The van der Waals surface area contributed by atoms with Crippen molar-refractivity contribution in [3.05, 3.63) is 6.42 Å². The van der Waals surface area contributed by atoms with Crippen LogP contribution in [-0.2, 0) is 9.47 Å². The predicted octanol–water partition coefficient (Wildman–Crippen LogP) is -0.423. The Labute approximate surface area is 97.8 Å². The lowest BCUT2D eigenvalue weighted by Gasteiger charge is -2.13. The maximum absolute atomic E-state index is 8.48. The van der Waals surface area contributed by atoms with E-state index in [4.69, 9.17) is 19.7 Å². The molecule has 0 fully saturated rings. The molecule has 97 valence electrons. The fourth-order valence-corrected chi connectivity index (χ4v) is 1.18. The van der Waals surface area contributed by atoms with E-state index < -0.39 is 0 Å².